The molecule has 220 valence electrons. The van der Waals surface area contributed by atoms with Crippen LogP contribution in [0.25, 0.3) is 0 Å². The van der Waals surface area contributed by atoms with E-state index in [1.165, 1.54) is 31.2 Å². The van der Waals surface area contributed by atoms with Gasteiger partial charge in [0.25, 0.3) is 5.91 Å². The lowest BCUT2D eigenvalue weighted by atomic mass is 10.0. The molecule has 2 heterocycles. The maximum atomic E-state index is 13.8. The van der Waals surface area contributed by atoms with Crippen LogP contribution in [0.15, 0.2) is 42.6 Å². The standard InChI is InChI=1S/C25H25F3N5O4P.C2H6O/c1-4-37-38-13-14-5-7-15(8-6-14)30-24-29-11-18(25(26,27)28)21(32-24)31-19-10-9-16(23(35)36-3)17-12-33(2)22(34)20(17)19;1-2-3/h5-11,38H,4,12-13H2,1-3H3,(H2,29,30,31,32);3H,2H2,1H3. The first-order chi connectivity index (χ1) is 19.5. The van der Waals surface area contributed by atoms with Crippen molar-refractivity contribution in [2.45, 2.75) is 32.7 Å². The van der Waals surface area contributed by atoms with E-state index in [1.54, 1.807) is 19.1 Å². The Balaban J connectivity index is 0.00000147. The van der Waals surface area contributed by atoms with Gasteiger partial charge in [0.05, 0.1) is 23.9 Å². The molecule has 1 aliphatic rings. The van der Waals surface area contributed by atoms with Crippen molar-refractivity contribution in [1.82, 2.24) is 14.9 Å². The number of halogens is 3. The van der Waals surface area contributed by atoms with Gasteiger partial charge in [0.1, 0.15) is 11.4 Å². The Bertz CT molecular complexity index is 1370. The van der Waals surface area contributed by atoms with Crippen LogP contribution in [-0.2, 0) is 28.1 Å². The summed E-state index contributed by atoms with van der Waals surface area (Å²) in [6.45, 7) is 4.61. The summed E-state index contributed by atoms with van der Waals surface area (Å²) in [5.74, 6) is -1.71. The van der Waals surface area contributed by atoms with Gasteiger partial charge in [0.2, 0.25) is 5.95 Å². The summed E-state index contributed by atoms with van der Waals surface area (Å²) in [5.41, 5.74) is 1.21. The monoisotopic (exact) mass is 593 g/mol. The molecule has 1 aliphatic heterocycles. The van der Waals surface area contributed by atoms with E-state index in [-0.39, 0.29) is 35.9 Å². The van der Waals surface area contributed by atoms with E-state index in [1.807, 2.05) is 19.1 Å². The molecule has 2 aromatic carbocycles. The van der Waals surface area contributed by atoms with Crippen LogP contribution < -0.4 is 10.6 Å². The van der Waals surface area contributed by atoms with E-state index >= 15 is 0 Å². The van der Waals surface area contributed by atoms with Crippen LogP contribution in [0.3, 0.4) is 0 Å². The molecule has 1 unspecified atom stereocenters. The molecule has 1 atom stereocenters. The second-order valence-corrected chi connectivity index (χ2v) is 9.57. The van der Waals surface area contributed by atoms with Crippen molar-refractivity contribution < 1.29 is 37.1 Å². The van der Waals surface area contributed by atoms with E-state index < -0.39 is 29.4 Å². The lowest BCUT2D eigenvalue weighted by Crippen LogP contribution is -2.18. The third kappa shape index (κ3) is 7.90. The number of anilines is 4. The SMILES string of the molecule is CCO.CCOPCc1ccc(Nc2ncc(C(F)(F)F)c(Nc3ccc(C(=O)OC)c4c3C(=O)N(C)C4)n2)cc1. The van der Waals surface area contributed by atoms with Gasteiger partial charge in [-0.2, -0.15) is 18.2 Å². The van der Waals surface area contributed by atoms with Crippen molar-refractivity contribution in [2.75, 3.05) is 38.0 Å². The summed E-state index contributed by atoms with van der Waals surface area (Å²) in [6, 6.07) is 10.1. The molecule has 0 aliphatic carbocycles. The number of nitrogens with one attached hydrogen (secondary N) is 2. The van der Waals surface area contributed by atoms with E-state index in [0.717, 1.165) is 11.7 Å². The number of hydrogen-bond acceptors (Lipinski definition) is 9. The fourth-order valence-electron chi connectivity index (χ4n) is 3.91. The van der Waals surface area contributed by atoms with E-state index in [4.69, 9.17) is 14.4 Å². The average molecular weight is 594 g/mol. The summed E-state index contributed by atoms with van der Waals surface area (Å²) >= 11 is 0. The second kappa shape index (κ2) is 14.2. The van der Waals surface area contributed by atoms with Crippen molar-refractivity contribution >= 4 is 43.8 Å². The smallest absolute Gasteiger partial charge is 0.421 e. The van der Waals surface area contributed by atoms with E-state index in [9.17, 15) is 22.8 Å². The molecule has 0 radical (unpaired) electrons. The summed E-state index contributed by atoms with van der Waals surface area (Å²) in [6.07, 6.45) is -3.34. The minimum Gasteiger partial charge on any atom is -0.465 e. The lowest BCUT2D eigenvalue weighted by Gasteiger charge is -2.17. The first-order valence-electron chi connectivity index (χ1n) is 12.6. The molecule has 41 heavy (non-hydrogen) atoms. The Morgan fingerprint density at radius 3 is 2.44 bits per heavy atom. The number of aliphatic hydroxyl groups excluding tert-OH is 1. The number of methoxy groups -OCH3 is 1. The number of nitrogens with zero attached hydrogens (tertiary/aromatic N) is 3. The fourth-order valence-corrected chi connectivity index (χ4v) is 4.61. The number of alkyl halides is 3. The highest BCUT2D eigenvalue weighted by molar-refractivity contribution is 7.31. The number of esters is 1. The van der Waals surface area contributed by atoms with Gasteiger partial charge in [-0.25, -0.2) is 9.78 Å². The molecule has 3 N–H and O–H groups in total. The van der Waals surface area contributed by atoms with Gasteiger partial charge < -0.3 is 29.9 Å². The van der Waals surface area contributed by atoms with Crippen molar-refractivity contribution in [1.29, 1.82) is 0 Å². The van der Waals surface area contributed by atoms with Gasteiger partial charge >= 0.3 is 12.1 Å². The summed E-state index contributed by atoms with van der Waals surface area (Å²) in [7, 11) is 3.08. The number of carbonyl (C=O) groups is 2. The molecule has 0 spiro atoms. The minimum atomic E-state index is -4.76. The van der Waals surface area contributed by atoms with Crippen LogP contribution >= 0.6 is 8.81 Å². The number of benzene rings is 2. The van der Waals surface area contributed by atoms with Crippen LogP contribution in [0.1, 0.15) is 51.3 Å². The molecule has 1 aromatic heterocycles. The first kappa shape index (κ1) is 31.7. The lowest BCUT2D eigenvalue weighted by molar-refractivity contribution is -0.137. The summed E-state index contributed by atoms with van der Waals surface area (Å²) in [4.78, 5) is 34.3. The molecule has 1 amide bonds. The van der Waals surface area contributed by atoms with Crippen LogP contribution in [0.4, 0.5) is 36.3 Å². The number of ether oxygens (including phenoxy) is 1. The summed E-state index contributed by atoms with van der Waals surface area (Å²) in [5, 5.41) is 13.1. The quantitative estimate of drug-likeness (QED) is 0.168. The largest absolute Gasteiger partial charge is 0.465 e. The molecule has 3 aromatic rings. The zero-order chi connectivity index (χ0) is 30.2. The summed E-state index contributed by atoms with van der Waals surface area (Å²) < 4.78 is 51.6. The molecule has 0 saturated heterocycles. The maximum Gasteiger partial charge on any atom is 0.421 e. The Labute approximate surface area is 237 Å². The Morgan fingerprint density at radius 2 is 1.83 bits per heavy atom. The Kier molecular flexibility index (Phi) is 11.0. The third-order valence-corrected chi connectivity index (χ3v) is 6.80. The molecule has 0 fully saturated rings. The fraction of sp³-hybridized carbons (Fsp3) is 0.333. The van der Waals surface area contributed by atoms with Crippen LogP contribution in [0.2, 0.25) is 0 Å². The van der Waals surface area contributed by atoms with Crippen LogP contribution in [-0.4, -0.2) is 59.2 Å². The molecule has 14 heteroatoms. The highest BCUT2D eigenvalue weighted by Gasteiger charge is 2.37. The zero-order valence-corrected chi connectivity index (χ0v) is 23.9. The number of aromatic nitrogens is 2. The number of carbonyl (C=O) groups excluding carboxylic acids is 2. The highest BCUT2D eigenvalue weighted by atomic mass is 31.1. The molecular formula is C27H31F3N5O5P. The highest BCUT2D eigenvalue weighted by Crippen LogP contribution is 2.38. The van der Waals surface area contributed by atoms with Gasteiger partial charge in [0, 0.05) is 59.2 Å². The Hall–Kier alpha value is -3.80. The number of amides is 1. The predicted molar refractivity (Wildman–Crippen MR) is 150 cm³/mol. The normalized spacial score (nSPS) is 12.7. The van der Waals surface area contributed by atoms with Gasteiger partial charge in [0.15, 0.2) is 0 Å². The minimum absolute atomic E-state index is 0.0734. The number of aliphatic hydroxyl groups is 1. The van der Waals surface area contributed by atoms with Gasteiger partial charge in [-0.1, -0.05) is 12.1 Å². The number of rotatable bonds is 9. The molecule has 4 rings (SSSR count). The van der Waals surface area contributed by atoms with Crippen molar-refractivity contribution in [2.24, 2.45) is 0 Å². The molecule has 0 bridgehead atoms. The van der Waals surface area contributed by atoms with Crippen LogP contribution in [0.5, 0.6) is 0 Å². The van der Waals surface area contributed by atoms with Crippen LogP contribution in [0, 0.1) is 0 Å². The zero-order valence-electron chi connectivity index (χ0n) is 22.9. The number of fused-ring (bicyclic) bond motifs is 1. The van der Waals surface area contributed by atoms with E-state index in [2.05, 4.69) is 20.6 Å². The van der Waals surface area contributed by atoms with Gasteiger partial charge in [-0.15, -0.1) is 0 Å². The molecule has 10 nitrogen and oxygen atoms in total. The first-order valence-corrected chi connectivity index (χ1v) is 13.7. The third-order valence-electron chi connectivity index (χ3n) is 5.75. The van der Waals surface area contributed by atoms with Crippen molar-refractivity contribution in [3.63, 3.8) is 0 Å². The molecular weight excluding hydrogens is 562 g/mol. The Morgan fingerprint density at radius 1 is 1.15 bits per heavy atom. The predicted octanol–water partition coefficient (Wildman–Crippen LogP) is 5.48. The van der Waals surface area contributed by atoms with Crippen molar-refractivity contribution in [3.8, 4) is 0 Å². The number of hydrogen-bond donors (Lipinski definition) is 3. The van der Waals surface area contributed by atoms with Gasteiger partial charge in [-0.05, 0) is 43.7 Å². The topological polar surface area (TPSA) is 126 Å². The van der Waals surface area contributed by atoms with Gasteiger partial charge in [-0.3, -0.25) is 4.79 Å². The average Bonchev–Trinajstić information content (AvgIpc) is 3.23. The van der Waals surface area contributed by atoms with Crippen molar-refractivity contribution in [3.05, 3.63) is 70.4 Å². The second-order valence-electron chi connectivity index (χ2n) is 8.64. The molecule has 0 saturated carbocycles. The maximum absolute atomic E-state index is 13.8. The van der Waals surface area contributed by atoms with E-state index in [0.29, 0.717) is 32.9 Å².